The molecule has 0 aliphatic rings. The highest BCUT2D eigenvalue weighted by Crippen LogP contribution is 2.20. The summed E-state index contributed by atoms with van der Waals surface area (Å²) in [7, 11) is 1.22. The molecule has 3 rings (SSSR count). The van der Waals surface area contributed by atoms with Crippen molar-refractivity contribution in [2.45, 2.75) is 13.0 Å². The van der Waals surface area contributed by atoms with Crippen LogP contribution in [0.4, 0.5) is 4.79 Å². The van der Waals surface area contributed by atoms with Crippen molar-refractivity contribution < 1.29 is 19.1 Å². The highest BCUT2D eigenvalue weighted by molar-refractivity contribution is 6.38. The second kappa shape index (κ2) is 8.64. The Balaban J connectivity index is 1.78. The van der Waals surface area contributed by atoms with E-state index in [1.807, 2.05) is 30.3 Å². The van der Waals surface area contributed by atoms with Crippen LogP contribution in [-0.2, 0) is 27.3 Å². The first-order valence-corrected chi connectivity index (χ1v) is 8.47. The van der Waals surface area contributed by atoms with Gasteiger partial charge in [0.1, 0.15) is 18.4 Å². The van der Waals surface area contributed by atoms with E-state index in [0.29, 0.717) is 11.1 Å². The number of aliphatic imine (C=N–C) groups is 1. The second-order valence-corrected chi connectivity index (χ2v) is 5.96. The molecule has 7 nitrogen and oxygen atoms in total. The molecule has 0 aliphatic carbocycles. The van der Waals surface area contributed by atoms with Crippen molar-refractivity contribution in [1.82, 2.24) is 4.98 Å². The van der Waals surface area contributed by atoms with Gasteiger partial charge in [-0.3, -0.25) is 0 Å². The summed E-state index contributed by atoms with van der Waals surface area (Å²) >= 11 is 0. The standard InChI is InChI=1S/C21H17N3O4/c1-27-20(25)19(24-21(26)28-13-14-5-3-2-4-6-14)10-15-7-8-18-17(9-15)16(11-22)12-23-18/h2-9,12,23H,10,13H2,1H3. The van der Waals surface area contributed by atoms with Crippen molar-refractivity contribution in [3.05, 3.63) is 71.4 Å². The lowest BCUT2D eigenvalue weighted by molar-refractivity contribution is -0.132. The zero-order valence-electron chi connectivity index (χ0n) is 15.1. The molecule has 0 bridgehead atoms. The molecule has 0 saturated carbocycles. The first-order valence-electron chi connectivity index (χ1n) is 8.47. The molecule has 0 fully saturated rings. The number of methoxy groups -OCH3 is 1. The van der Waals surface area contributed by atoms with Crippen LogP contribution >= 0.6 is 0 Å². The van der Waals surface area contributed by atoms with Gasteiger partial charge in [0.25, 0.3) is 0 Å². The molecule has 7 heteroatoms. The molecule has 140 valence electrons. The third-order valence-corrected chi connectivity index (χ3v) is 4.09. The Morgan fingerprint density at radius 1 is 1.14 bits per heavy atom. The number of carbonyl (C=O) groups excluding carboxylic acids is 2. The lowest BCUT2D eigenvalue weighted by atomic mass is 10.0. The number of amides is 1. The SMILES string of the molecule is COC(=O)C(Cc1ccc2[nH]cc(C#N)c2c1)=NC(=O)OCc1ccccc1. The number of aromatic nitrogens is 1. The molecule has 0 saturated heterocycles. The molecule has 28 heavy (non-hydrogen) atoms. The largest absolute Gasteiger partial charge is 0.465 e. The zero-order chi connectivity index (χ0) is 19.9. The second-order valence-electron chi connectivity index (χ2n) is 5.96. The minimum Gasteiger partial charge on any atom is -0.465 e. The van der Waals surface area contributed by atoms with Crippen LogP contribution in [0.1, 0.15) is 16.7 Å². The van der Waals surface area contributed by atoms with Gasteiger partial charge in [-0.1, -0.05) is 36.4 Å². The summed E-state index contributed by atoms with van der Waals surface area (Å²) in [6.45, 7) is 0.0540. The van der Waals surface area contributed by atoms with Crippen molar-refractivity contribution in [1.29, 1.82) is 5.26 Å². The van der Waals surface area contributed by atoms with E-state index in [0.717, 1.165) is 16.5 Å². The zero-order valence-corrected chi connectivity index (χ0v) is 15.1. The van der Waals surface area contributed by atoms with Gasteiger partial charge in [-0.2, -0.15) is 10.3 Å². The van der Waals surface area contributed by atoms with Crippen LogP contribution in [0.5, 0.6) is 0 Å². The summed E-state index contributed by atoms with van der Waals surface area (Å²) in [4.78, 5) is 30.9. The maximum absolute atomic E-state index is 12.0. The predicted octanol–water partition coefficient (Wildman–Crippen LogP) is 3.53. The number of H-pyrrole nitrogens is 1. The van der Waals surface area contributed by atoms with Gasteiger partial charge in [0.2, 0.25) is 0 Å². The van der Waals surface area contributed by atoms with E-state index in [-0.39, 0.29) is 18.7 Å². The van der Waals surface area contributed by atoms with Gasteiger partial charge < -0.3 is 14.5 Å². The van der Waals surface area contributed by atoms with Gasteiger partial charge in [-0.05, 0) is 23.3 Å². The number of rotatable bonds is 5. The first-order chi connectivity index (χ1) is 13.6. The Morgan fingerprint density at radius 3 is 2.64 bits per heavy atom. The van der Waals surface area contributed by atoms with E-state index in [9.17, 15) is 9.59 Å². The minimum absolute atomic E-state index is 0.0540. The first kappa shape index (κ1) is 18.9. The topological polar surface area (TPSA) is 105 Å². The Labute approximate surface area is 161 Å². The fraction of sp³-hybridized carbons (Fsp3) is 0.143. The molecule has 3 aromatic rings. The number of nitriles is 1. The Hall–Kier alpha value is -3.92. The number of nitrogens with one attached hydrogen (secondary N) is 1. The van der Waals surface area contributed by atoms with E-state index in [2.05, 4.69) is 16.0 Å². The summed E-state index contributed by atoms with van der Waals surface area (Å²) in [5, 5.41) is 9.90. The van der Waals surface area contributed by atoms with Crippen molar-refractivity contribution in [2.24, 2.45) is 4.99 Å². The van der Waals surface area contributed by atoms with E-state index >= 15 is 0 Å². The number of ether oxygens (including phenoxy) is 2. The van der Waals surface area contributed by atoms with Crippen LogP contribution in [0.15, 0.2) is 59.7 Å². The number of hydrogen-bond acceptors (Lipinski definition) is 5. The van der Waals surface area contributed by atoms with Gasteiger partial charge in [0, 0.05) is 23.5 Å². The van der Waals surface area contributed by atoms with Crippen molar-refractivity contribution in [3.8, 4) is 6.07 Å². The molecule has 2 aromatic carbocycles. The van der Waals surface area contributed by atoms with Gasteiger partial charge in [0.05, 0.1) is 12.7 Å². The monoisotopic (exact) mass is 375 g/mol. The van der Waals surface area contributed by atoms with E-state index in [1.54, 1.807) is 24.4 Å². The van der Waals surface area contributed by atoms with E-state index in [4.69, 9.17) is 14.7 Å². The molecule has 0 unspecified atom stereocenters. The summed E-state index contributed by atoms with van der Waals surface area (Å²) in [5.74, 6) is -0.716. The van der Waals surface area contributed by atoms with Crippen molar-refractivity contribution in [3.63, 3.8) is 0 Å². The summed E-state index contributed by atoms with van der Waals surface area (Å²) in [6, 6.07) is 16.6. The number of benzene rings is 2. The molecule has 0 aliphatic heterocycles. The number of nitrogens with zero attached hydrogens (tertiary/aromatic N) is 2. The molecule has 1 aromatic heterocycles. The lowest BCUT2D eigenvalue weighted by Crippen LogP contribution is -2.20. The summed E-state index contributed by atoms with van der Waals surface area (Å²) in [6.07, 6.45) is 0.814. The highest BCUT2D eigenvalue weighted by atomic mass is 16.5. The number of fused-ring (bicyclic) bond motifs is 1. The smallest absolute Gasteiger partial charge is 0.434 e. The predicted molar refractivity (Wildman–Crippen MR) is 103 cm³/mol. The normalized spacial score (nSPS) is 11.1. The van der Waals surface area contributed by atoms with Crippen LogP contribution in [0.25, 0.3) is 10.9 Å². The van der Waals surface area contributed by atoms with Crippen molar-refractivity contribution >= 4 is 28.7 Å². The number of hydrogen-bond donors (Lipinski definition) is 1. The van der Waals surface area contributed by atoms with Crippen LogP contribution in [-0.4, -0.2) is 29.9 Å². The average Bonchev–Trinajstić information content (AvgIpc) is 3.14. The fourth-order valence-corrected chi connectivity index (χ4v) is 2.70. The molecule has 1 heterocycles. The molecule has 0 radical (unpaired) electrons. The molecule has 1 amide bonds. The molecule has 1 N–H and O–H groups in total. The maximum atomic E-state index is 12.0. The fourth-order valence-electron chi connectivity index (χ4n) is 2.70. The number of carbonyl (C=O) groups is 2. The minimum atomic E-state index is -0.871. The molecule has 0 spiro atoms. The van der Waals surface area contributed by atoms with E-state index < -0.39 is 12.1 Å². The molecular weight excluding hydrogens is 358 g/mol. The van der Waals surface area contributed by atoms with Gasteiger partial charge in [-0.15, -0.1) is 0 Å². The van der Waals surface area contributed by atoms with Crippen LogP contribution in [0, 0.1) is 11.3 Å². The summed E-state index contributed by atoms with van der Waals surface area (Å²) < 4.78 is 9.83. The quantitative estimate of drug-likeness (QED) is 0.542. The number of aromatic amines is 1. The average molecular weight is 375 g/mol. The van der Waals surface area contributed by atoms with Crippen LogP contribution < -0.4 is 0 Å². The Kier molecular flexibility index (Phi) is 5.82. The molecular formula is C21H17N3O4. The maximum Gasteiger partial charge on any atom is 0.434 e. The number of esters is 1. The Morgan fingerprint density at radius 2 is 1.93 bits per heavy atom. The highest BCUT2D eigenvalue weighted by Gasteiger charge is 2.16. The van der Waals surface area contributed by atoms with Crippen LogP contribution in [0.2, 0.25) is 0 Å². The van der Waals surface area contributed by atoms with Gasteiger partial charge in [-0.25, -0.2) is 9.59 Å². The van der Waals surface area contributed by atoms with Gasteiger partial charge >= 0.3 is 12.1 Å². The van der Waals surface area contributed by atoms with Crippen molar-refractivity contribution in [2.75, 3.05) is 7.11 Å². The third kappa shape index (κ3) is 4.43. The van der Waals surface area contributed by atoms with Gasteiger partial charge in [0.15, 0.2) is 0 Å². The van der Waals surface area contributed by atoms with Crippen LogP contribution in [0.3, 0.4) is 0 Å². The Bertz CT molecular complexity index is 1080. The third-order valence-electron chi connectivity index (χ3n) is 4.09. The van der Waals surface area contributed by atoms with E-state index in [1.165, 1.54) is 7.11 Å². The summed E-state index contributed by atoms with van der Waals surface area (Å²) in [5.41, 5.74) is 2.75. The lowest BCUT2D eigenvalue weighted by Gasteiger charge is -2.06. The molecule has 0 atom stereocenters.